The molecular formula is C25H28N2. The molecule has 2 nitrogen and oxygen atoms in total. The Morgan fingerprint density at radius 2 is 1.07 bits per heavy atom. The van der Waals surface area contributed by atoms with Crippen LogP contribution >= 0.6 is 0 Å². The van der Waals surface area contributed by atoms with Crippen LogP contribution in [-0.4, -0.2) is 9.97 Å². The summed E-state index contributed by atoms with van der Waals surface area (Å²) in [7, 11) is 0. The largest absolute Gasteiger partial charge is 0.253 e. The van der Waals surface area contributed by atoms with Crippen molar-refractivity contribution in [2.45, 2.75) is 46.0 Å². The Bertz CT molecular complexity index is 991. The van der Waals surface area contributed by atoms with Gasteiger partial charge >= 0.3 is 0 Å². The van der Waals surface area contributed by atoms with Crippen LogP contribution < -0.4 is 0 Å². The van der Waals surface area contributed by atoms with Gasteiger partial charge in [0.15, 0.2) is 0 Å². The van der Waals surface area contributed by atoms with Crippen LogP contribution in [0.15, 0.2) is 72.8 Å². The molecule has 2 aromatic carbocycles. The van der Waals surface area contributed by atoms with Crippen LogP contribution in [-0.2, 0) is 12.8 Å². The number of unbranched alkanes of at least 4 members (excludes halogenated alkanes) is 1. The molecule has 0 saturated carbocycles. The van der Waals surface area contributed by atoms with Gasteiger partial charge in [-0.1, -0.05) is 75.2 Å². The Balaban J connectivity index is 0.000000156. The summed E-state index contributed by atoms with van der Waals surface area (Å²) in [6.07, 6.45) is 5.79. The van der Waals surface area contributed by atoms with Gasteiger partial charge in [-0.15, -0.1) is 0 Å². The molecule has 0 unspecified atom stereocenters. The lowest BCUT2D eigenvalue weighted by molar-refractivity contribution is 0.780. The second kappa shape index (κ2) is 9.82. The summed E-state index contributed by atoms with van der Waals surface area (Å²) in [5, 5.41) is 2.45. The fraction of sp³-hybridized carbons (Fsp3) is 0.280. The molecule has 0 radical (unpaired) electrons. The number of fused-ring (bicyclic) bond motifs is 2. The number of para-hydroxylation sites is 2. The van der Waals surface area contributed by atoms with Crippen LogP contribution in [0, 0.1) is 0 Å². The highest BCUT2D eigenvalue weighted by Gasteiger charge is 1.97. The van der Waals surface area contributed by atoms with Crippen molar-refractivity contribution in [3.63, 3.8) is 0 Å². The van der Waals surface area contributed by atoms with Crippen molar-refractivity contribution < 1.29 is 0 Å². The summed E-state index contributed by atoms with van der Waals surface area (Å²) in [5.41, 5.74) is 4.63. The average Bonchev–Trinajstić information content (AvgIpc) is 2.73. The molecule has 138 valence electrons. The summed E-state index contributed by atoms with van der Waals surface area (Å²) in [6.45, 7) is 4.39. The SMILES string of the molecule is CCCCc1ccc2ccccc2n1.CCCc1ccc2ccccc2n1. The van der Waals surface area contributed by atoms with E-state index in [1.54, 1.807) is 0 Å². The molecule has 0 aliphatic rings. The van der Waals surface area contributed by atoms with Crippen LogP contribution in [0.25, 0.3) is 21.8 Å². The molecule has 2 heteroatoms. The number of hydrogen-bond donors (Lipinski definition) is 0. The van der Waals surface area contributed by atoms with Gasteiger partial charge in [0.25, 0.3) is 0 Å². The Morgan fingerprint density at radius 1 is 0.556 bits per heavy atom. The molecule has 0 saturated heterocycles. The highest BCUT2D eigenvalue weighted by atomic mass is 14.7. The van der Waals surface area contributed by atoms with Crippen molar-refractivity contribution in [3.05, 3.63) is 84.2 Å². The van der Waals surface area contributed by atoms with Gasteiger partial charge in [-0.25, -0.2) is 0 Å². The molecule has 4 rings (SSSR count). The van der Waals surface area contributed by atoms with E-state index in [2.05, 4.69) is 78.4 Å². The van der Waals surface area contributed by atoms with Crippen LogP contribution in [0.1, 0.15) is 44.5 Å². The highest BCUT2D eigenvalue weighted by molar-refractivity contribution is 5.79. The molecular weight excluding hydrogens is 328 g/mol. The van der Waals surface area contributed by atoms with Gasteiger partial charge in [0.1, 0.15) is 0 Å². The van der Waals surface area contributed by atoms with Gasteiger partial charge in [-0.3, -0.25) is 9.97 Å². The molecule has 0 N–H and O–H groups in total. The average molecular weight is 357 g/mol. The zero-order valence-corrected chi connectivity index (χ0v) is 16.4. The summed E-state index contributed by atoms with van der Waals surface area (Å²) in [6, 6.07) is 25.1. The normalized spacial score (nSPS) is 10.6. The molecule has 0 bridgehead atoms. The standard InChI is InChI=1S/C13H15N.C12H13N/c1-2-3-7-12-10-9-11-6-4-5-8-13(11)14-12;1-2-5-11-9-8-10-6-3-4-7-12(10)13-11/h4-6,8-10H,2-3,7H2,1H3;3-4,6-9H,2,5H2,1H3. The first-order valence-electron chi connectivity index (χ1n) is 9.99. The molecule has 2 heterocycles. The van der Waals surface area contributed by atoms with E-state index in [-0.39, 0.29) is 0 Å². The lowest BCUT2D eigenvalue weighted by Gasteiger charge is -2.01. The zero-order chi connectivity index (χ0) is 18.9. The van der Waals surface area contributed by atoms with E-state index >= 15 is 0 Å². The van der Waals surface area contributed by atoms with Gasteiger partial charge < -0.3 is 0 Å². The van der Waals surface area contributed by atoms with Crippen molar-refractivity contribution in [2.75, 3.05) is 0 Å². The third-order valence-corrected chi connectivity index (χ3v) is 4.60. The minimum atomic E-state index is 1.07. The molecule has 0 spiro atoms. The van der Waals surface area contributed by atoms with Crippen molar-refractivity contribution >= 4 is 21.8 Å². The van der Waals surface area contributed by atoms with Crippen molar-refractivity contribution in [1.29, 1.82) is 0 Å². The number of rotatable bonds is 5. The van der Waals surface area contributed by atoms with Crippen molar-refractivity contribution in [3.8, 4) is 0 Å². The van der Waals surface area contributed by atoms with E-state index in [1.807, 2.05) is 18.2 Å². The molecule has 0 amide bonds. The van der Waals surface area contributed by atoms with E-state index in [0.717, 1.165) is 30.3 Å². The summed E-state index contributed by atoms with van der Waals surface area (Å²) in [5.74, 6) is 0. The molecule has 0 fully saturated rings. The Hall–Kier alpha value is -2.74. The first-order valence-corrected chi connectivity index (χ1v) is 9.99. The maximum atomic E-state index is 4.61. The quantitative estimate of drug-likeness (QED) is 0.394. The Kier molecular flexibility index (Phi) is 6.92. The molecule has 0 atom stereocenters. The third kappa shape index (κ3) is 5.37. The van der Waals surface area contributed by atoms with E-state index in [4.69, 9.17) is 0 Å². The molecule has 2 aromatic heterocycles. The fourth-order valence-corrected chi connectivity index (χ4v) is 3.11. The number of hydrogen-bond acceptors (Lipinski definition) is 2. The maximum Gasteiger partial charge on any atom is 0.0705 e. The number of pyridine rings is 2. The first kappa shape index (κ1) is 19.0. The summed E-state index contributed by atoms with van der Waals surface area (Å²) < 4.78 is 0. The molecule has 27 heavy (non-hydrogen) atoms. The van der Waals surface area contributed by atoms with Crippen molar-refractivity contribution in [2.24, 2.45) is 0 Å². The Morgan fingerprint density at radius 3 is 1.59 bits per heavy atom. The van der Waals surface area contributed by atoms with Crippen LogP contribution in [0.3, 0.4) is 0 Å². The number of aromatic nitrogens is 2. The van der Waals surface area contributed by atoms with Crippen LogP contribution in [0.2, 0.25) is 0 Å². The highest BCUT2D eigenvalue weighted by Crippen LogP contribution is 2.13. The van der Waals surface area contributed by atoms with Crippen molar-refractivity contribution in [1.82, 2.24) is 9.97 Å². The van der Waals surface area contributed by atoms with Gasteiger partial charge in [0, 0.05) is 22.2 Å². The van der Waals surface area contributed by atoms with E-state index < -0.39 is 0 Å². The minimum absolute atomic E-state index is 1.07. The fourth-order valence-electron chi connectivity index (χ4n) is 3.11. The molecule has 0 aliphatic heterocycles. The monoisotopic (exact) mass is 356 g/mol. The van der Waals surface area contributed by atoms with E-state index in [0.29, 0.717) is 0 Å². The third-order valence-electron chi connectivity index (χ3n) is 4.60. The van der Waals surface area contributed by atoms with Gasteiger partial charge in [0.05, 0.1) is 11.0 Å². The van der Waals surface area contributed by atoms with Gasteiger partial charge in [-0.05, 0) is 43.5 Å². The van der Waals surface area contributed by atoms with Gasteiger partial charge in [-0.2, -0.15) is 0 Å². The van der Waals surface area contributed by atoms with Crippen LogP contribution in [0.4, 0.5) is 0 Å². The topological polar surface area (TPSA) is 25.8 Å². The lowest BCUT2D eigenvalue weighted by atomic mass is 10.1. The van der Waals surface area contributed by atoms with E-state index in [1.165, 1.54) is 35.0 Å². The van der Waals surface area contributed by atoms with Gasteiger partial charge in [0.2, 0.25) is 0 Å². The second-order valence-corrected chi connectivity index (χ2v) is 6.84. The smallest absolute Gasteiger partial charge is 0.0705 e. The summed E-state index contributed by atoms with van der Waals surface area (Å²) in [4.78, 5) is 9.18. The molecule has 4 aromatic rings. The summed E-state index contributed by atoms with van der Waals surface area (Å²) >= 11 is 0. The van der Waals surface area contributed by atoms with Crippen LogP contribution in [0.5, 0.6) is 0 Å². The first-order chi connectivity index (χ1) is 13.3. The number of nitrogens with zero attached hydrogens (tertiary/aromatic N) is 2. The Labute approximate surface area is 162 Å². The minimum Gasteiger partial charge on any atom is -0.253 e. The van der Waals surface area contributed by atoms with E-state index in [9.17, 15) is 0 Å². The second-order valence-electron chi connectivity index (χ2n) is 6.84. The number of benzene rings is 2. The maximum absolute atomic E-state index is 4.61. The predicted octanol–water partition coefficient (Wildman–Crippen LogP) is 6.76. The lowest BCUT2D eigenvalue weighted by Crippen LogP contribution is -1.89. The molecule has 0 aliphatic carbocycles. The predicted molar refractivity (Wildman–Crippen MR) is 116 cm³/mol. The zero-order valence-electron chi connectivity index (χ0n) is 16.4. The number of aryl methyl sites for hydroxylation is 2.